The number of pyridine rings is 1. The molecule has 0 radical (unpaired) electrons. The van der Waals surface area contributed by atoms with E-state index in [4.69, 9.17) is 5.84 Å². The maximum absolute atomic E-state index is 5.35. The first-order valence-corrected chi connectivity index (χ1v) is 6.51. The van der Waals surface area contributed by atoms with Crippen molar-refractivity contribution in [1.29, 1.82) is 0 Å². The Morgan fingerprint density at radius 3 is 3.00 bits per heavy atom. The van der Waals surface area contributed by atoms with Crippen molar-refractivity contribution in [2.24, 2.45) is 23.6 Å². The summed E-state index contributed by atoms with van der Waals surface area (Å²) in [6.07, 6.45) is 7.59. The number of rotatable bonds is 4. The molecule has 2 fully saturated rings. The molecule has 1 aromatic rings. The minimum atomic E-state index is 0.711. The van der Waals surface area contributed by atoms with Crippen LogP contribution in [0.2, 0.25) is 0 Å². The van der Waals surface area contributed by atoms with Crippen molar-refractivity contribution in [3.05, 3.63) is 18.3 Å². The van der Waals surface area contributed by atoms with E-state index in [2.05, 4.69) is 15.7 Å². The lowest BCUT2D eigenvalue weighted by Gasteiger charge is -2.22. The third-order valence-corrected chi connectivity index (χ3v) is 4.36. The van der Waals surface area contributed by atoms with Gasteiger partial charge >= 0.3 is 0 Å². The second-order valence-corrected chi connectivity index (χ2v) is 5.39. The maximum Gasteiger partial charge on any atom is 0.141 e. The Morgan fingerprint density at radius 1 is 1.35 bits per heavy atom. The van der Waals surface area contributed by atoms with E-state index >= 15 is 0 Å². The fourth-order valence-corrected chi connectivity index (χ4v) is 3.49. The van der Waals surface area contributed by atoms with Crippen LogP contribution < -0.4 is 16.6 Å². The van der Waals surface area contributed by atoms with Crippen LogP contribution in [0.15, 0.2) is 18.3 Å². The lowest BCUT2D eigenvalue weighted by atomic mass is 9.89. The van der Waals surface area contributed by atoms with Crippen molar-refractivity contribution in [3.8, 4) is 0 Å². The number of nitrogens with zero attached hydrogens (tertiary/aromatic N) is 1. The molecule has 4 nitrogen and oxygen atoms in total. The van der Waals surface area contributed by atoms with Crippen molar-refractivity contribution >= 4 is 11.5 Å². The van der Waals surface area contributed by atoms with Crippen LogP contribution in [-0.2, 0) is 0 Å². The number of hydrogen-bond acceptors (Lipinski definition) is 4. The molecule has 1 aromatic heterocycles. The number of fused-ring (bicyclic) bond motifs is 2. The van der Waals surface area contributed by atoms with Crippen LogP contribution in [0.5, 0.6) is 0 Å². The van der Waals surface area contributed by atoms with Gasteiger partial charge in [0.15, 0.2) is 0 Å². The molecule has 0 aliphatic heterocycles. The lowest BCUT2D eigenvalue weighted by molar-refractivity contribution is 0.348. The molecule has 3 rings (SSSR count). The molecule has 0 aromatic carbocycles. The summed E-state index contributed by atoms with van der Waals surface area (Å²) in [6, 6.07) is 3.95. The van der Waals surface area contributed by atoms with Gasteiger partial charge in [-0.25, -0.2) is 10.8 Å². The third kappa shape index (κ3) is 2.22. The Bertz CT molecular complexity index is 393. The van der Waals surface area contributed by atoms with E-state index in [1.807, 2.05) is 12.1 Å². The van der Waals surface area contributed by atoms with Gasteiger partial charge in [-0.2, -0.15) is 0 Å². The van der Waals surface area contributed by atoms with E-state index in [1.54, 1.807) is 6.20 Å². The van der Waals surface area contributed by atoms with Gasteiger partial charge in [-0.1, -0.05) is 6.42 Å². The van der Waals surface area contributed by atoms with Crippen LogP contribution >= 0.6 is 0 Å². The molecule has 2 bridgehead atoms. The molecule has 4 heteroatoms. The van der Waals surface area contributed by atoms with Gasteiger partial charge in [-0.3, -0.25) is 0 Å². The first-order chi connectivity index (χ1) is 8.35. The minimum absolute atomic E-state index is 0.711. The first-order valence-electron chi connectivity index (χ1n) is 6.51. The van der Waals surface area contributed by atoms with Crippen molar-refractivity contribution in [2.75, 3.05) is 17.3 Å². The zero-order valence-electron chi connectivity index (χ0n) is 10.0. The van der Waals surface area contributed by atoms with Crippen LogP contribution in [0.3, 0.4) is 0 Å². The predicted molar refractivity (Wildman–Crippen MR) is 69.5 cm³/mol. The molecule has 4 N–H and O–H groups in total. The average Bonchev–Trinajstić information content (AvgIpc) is 2.99. The fourth-order valence-electron chi connectivity index (χ4n) is 3.49. The number of nitrogens with one attached hydrogen (secondary N) is 2. The standard InChI is InChI=1S/C13H20N4/c14-17-13-7-12(3-4-15-13)16-8-11-6-9-1-2-10(11)5-9/h3-4,7,9-11H,1-2,5-6,8,14H2,(H2,15,16,17). The van der Waals surface area contributed by atoms with Crippen molar-refractivity contribution in [3.63, 3.8) is 0 Å². The molecule has 1 heterocycles. The highest BCUT2D eigenvalue weighted by Gasteiger charge is 2.38. The zero-order valence-corrected chi connectivity index (χ0v) is 10.0. The SMILES string of the molecule is NNc1cc(NCC2CC3CCC2C3)ccn1. The van der Waals surface area contributed by atoms with E-state index in [0.29, 0.717) is 5.82 Å². The van der Waals surface area contributed by atoms with E-state index in [1.165, 1.54) is 25.7 Å². The van der Waals surface area contributed by atoms with Gasteiger partial charge in [-0.15, -0.1) is 0 Å². The number of hydrazine groups is 1. The van der Waals surface area contributed by atoms with Crippen LogP contribution in [-0.4, -0.2) is 11.5 Å². The predicted octanol–water partition coefficient (Wildman–Crippen LogP) is 2.22. The van der Waals surface area contributed by atoms with E-state index in [9.17, 15) is 0 Å². The summed E-state index contributed by atoms with van der Waals surface area (Å²) < 4.78 is 0. The molecule has 0 saturated heterocycles. The van der Waals surface area contributed by atoms with Gasteiger partial charge in [0, 0.05) is 24.5 Å². The molecule has 17 heavy (non-hydrogen) atoms. The summed E-state index contributed by atoms with van der Waals surface area (Å²) in [5, 5.41) is 3.51. The summed E-state index contributed by atoms with van der Waals surface area (Å²) in [5.41, 5.74) is 3.68. The van der Waals surface area contributed by atoms with Gasteiger partial charge < -0.3 is 10.7 Å². The molecule has 2 saturated carbocycles. The van der Waals surface area contributed by atoms with Gasteiger partial charge in [-0.05, 0) is 43.1 Å². The Kier molecular flexibility index (Phi) is 2.89. The summed E-state index contributed by atoms with van der Waals surface area (Å²) >= 11 is 0. The normalized spacial score (nSPS) is 30.5. The molecule has 0 spiro atoms. The first kappa shape index (κ1) is 10.8. The van der Waals surface area contributed by atoms with Crippen LogP contribution in [0.1, 0.15) is 25.7 Å². The summed E-state index contributed by atoms with van der Waals surface area (Å²) in [7, 11) is 0. The fraction of sp³-hybridized carbons (Fsp3) is 0.615. The quantitative estimate of drug-likeness (QED) is 0.550. The highest BCUT2D eigenvalue weighted by atomic mass is 15.2. The lowest BCUT2D eigenvalue weighted by Crippen LogP contribution is -2.20. The third-order valence-electron chi connectivity index (χ3n) is 4.36. The molecule has 0 amide bonds. The van der Waals surface area contributed by atoms with Gasteiger partial charge in [0.2, 0.25) is 0 Å². The molecule has 92 valence electrons. The van der Waals surface area contributed by atoms with E-state index in [0.717, 1.165) is 30.0 Å². The topological polar surface area (TPSA) is 63.0 Å². The Morgan fingerprint density at radius 2 is 2.29 bits per heavy atom. The molecule has 3 unspecified atom stereocenters. The van der Waals surface area contributed by atoms with Crippen molar-refractivity contribution in [2.45, 2.75) is 25.7 Å². The second-order valence-electron chi connectivity index (χ2n) is 5.39. The van der Waals surface area contributed by atoms with Crippen LogP contribution in [0.4, 0.5) is 11.5 Å². The highest BCUT2D eigenvalue weighted by Crippen LogP contribution is 2.48. The van der Waals surface area contributed by atoms with Gasteiger partial charge in [0.05, 0.1) is 0 Å². The van der Waals surface area contributed by atoms with Gasteiger partial charge in [0.1, 0.15) is 5.82 Å². The Balaban J connectivity index is 1.56. The number of aromatic nitrogens is 1. The molecule has 2 aliphatic carbocycles. The summed E-state index contributed by atoms with van der Waals surface area (Å²) in [5.74, 6) is 8.92. The Labute approximate surface area is 102 Å². The Hall–Kier alpha value is -1.29. The van der Waals surface area contributed by atoms with Crippen LogP contribution in [0, 0.1) is 17.8 Å². The zero-order chi connectivity index (χ0) is 11.7. The van der Waals surface area contributed by atoms with E-state index < -0.39 is 0 Å². The molecular weight excluding hydrogens is 212 g/mol. The van der Waals surface area contributed by atoms with Gasteiger partial charge in [0.25, 0.3) is 0 Å². The molecular formula is C13H20N4. The summed E-state index contributed by atoms with van der Waals surface area (Å²) in [6.45, 7) is 1.09. The van der Waals surface area contributed by atoms with Crippen molar-refractivity contribution < 1.29 is 0 Å². The monoisotopic (exact) mass is 232 g/mol. The van der Waals surface area contributed by atoms with Crippen LogP contribution in [0.25, 0.3) is 0 Å². The number of nitrogens with two attached hydrogens (primary N) is 1. The van der Waals surface area contributed by atoms with E-state index in [-0.39, 0.29) is 0 Å². The smallest absolute Gasteiger partial charge is 0.141 e. The maximum atomic E-state index is 5.35. The molecule has 3 atom stereocenters. The highest BCUT2D eigenvalue weighted by molar-refractivity contribution is 5.51. The number of hydrogen-bond donors (Lipinski definition) is 3. The second kappa shape index (κ2) is 4.53. The average molecular weight is 232 g/mol. The largest absolute Gasteiger partial charge is 0.385 e. The summed E-state index contributed by atoms with van der Waals surface area (Å²) in [4.78, 5) is 4.10. The number of nitrogen functional groups attached to an aromatic ring is 1. The number of anilines is 2. The van der Waals surface area contributed by atoms with Crippen molar-refractivity contribution in [1.82, 2.24) is 4.98 Å². The minimum Gasteiger partial charge on any atom is -0.385 e. The molecule has 2 aliphatic rings.